The standard InChI is InChI=1S/C13H15NO5/c1-9-3-2-4-10(5-9)6-11(15)14(7-12(16)17)8-13(18)19/h2-5H,6-8H2,1H3,(H,16,17)(H,18,19). The van der Waals surface area contributed by atoms with Gasteiger partial charge in [0.25, 0.3) is 0 Å². The smallest absolute Gasteiger partial charge is 0.323 e. The maximum Gasteiger partial charge on any atom is 0.323 e. The number of rotatable bonds is 6. The zero-order valence-electron chi connectivity index (χ0n) is 10.5. The molecule has 0 aliphatic carbocycles. The fourth-order valence-electron chi connectivity index (χ4n) is 1.67. The second kappa shape index (κ2) is 6.53. The molecule has 102 valence electrons. The topological polar surface area (TPSA) is 94.9 Å². The first kappa shape index (κ1) is 14.7. The highest BCUT2D eigenvalue weighted by molar-refractivity contribution is 5.86. The summed E-state index contributed by atoms with van der Waals surface area (Å²) >= 11 is 0. The van der Waals surface area contributed by atoms with Gasteiger partial charge in [0.2, 0.25) is 5.91 Å². The minimum atomic E-state index is -1.24. The Hall–Kier alpha value is -2.37. The van der Waals surface area contributed by atoms with Crippen molar-refractivity contribution < 1.29 is 24.6 Å². The molecule has 0 aromatic heterocycles. The van der Waals surface area contributed by atoms with Gasteiger partial charge >= 0.3 is 11.9 Å². The van der Waals surface area contributed by atoms with Crippen LogP contribution >= 0.6 is 0 Å². The molecular formula is C13H15NO5. The van der Waals surface area contributed by atoms with Crippen molar-refractivity contribution in [2.24, 2.45) is 0 Å². The zero-order chi connectivity index (χ0) is 14.4. The molecule has 1 aromatic rings. The van der Waals surface area contributed by atoms with Crippen LogP contribution in [0.5, 0.6) is 0 Å². The molecule has 1 rings (SSSR count). The van der Waals surface area contributed by atoms with E-state index in [0.29, 0.717) is 0 Å². The Labute approximate surface area is 110 Å². The monoisotopic (exact) mass is 265 g/mol. The third kappa shape index (κ3) is 5.20. The highest BCUT2D eigenvalue weighted by Crippen LogP contribution is 2.06. The lowest BCUT2D eigenvalue weighted by molar-refractivity contribution is -0.149. The van der Waals surface area contributed by atoms with Gasteiger partial charge < -0.3 is 15.1 Å². The van der Waals surface area contributed by atoms with Crippen LogP contribution in [0.4, 0.5) is 0 Å². The minimum Gasteiger partial charge on any atom is -0.480 e. The third-order valence-corrected chi connectivity index (χ3v) is 2.44. The van der Waals surface area contributed by atoms with Crippen molar-refractivity contribution >= 4 is 17.8 Å². The van der Waals surface area contributed by atoms with Crippen molar-refractivity contribution in [3.63, 3.8) is 0 Å². The summed E-state index contributed by atoms with van der Waals surface area (Å²) in [6.45, 7) is 0.647. The van der Waals surface area contributed by atoms with E-state index < -0.39 is 30.9 Å². The Kier molecular flexibility index (Phi) is 5.05. The van der Waals surface area contributed by atoms with Crippen LogP contribution in [-0.2, 0) is 20.8 Å². The van der Waals surface area contributed by atoms with Crippen molar-refractivity contribution in [1.29, 1.82) is 0 Å². The molecule has 19 heavy (non-hydrogen) atoms. The van der Waals surface area contributed by atoms with Gasteiger partial charge in [-0.3, -0.25) is 14.4 Å². The number of carbonyl (C=O) groups is 3. The molecule has 0 saturated heterocycles. The number of hydrogen-bond donors (Lipinski definition) is 2. The molecule has 0 saturated carbocycles. The van der Waals surface area contributed by atoms with Gasteiger partial charge in [0, 0.05) is 0 Å². The van der Waals surface area contributed by atoms with Gasteiger partial charge in [0.05, 0.1) is 6.42 Å². The van der Waals surface area contributed by atoms with Crippen LogP contribution < -0.4 is 0 Å². The number of carboxylic acids is 2. The van der Waals surface area contributed by atoms with Crippen molar-refractivity contribution in [2.75, 3.05) is 13.1 Å². The lowest BCUT2D eigenvalue weighted by Crippen LogP contribution is -2.40. The van der Waals surface area contributed by atoms with Crippen LogP contribution in [-0.4, -0.2) is 46.0 Å². The fraction of sp³-hybridized carbons (Fsp3) is 0.308. The maximum absolute atomic E-state index is 11.9. The van der Waals surface area contributed by atoms with Crippen LogP contribution in [0, 0.1) is 6.92 Å². The van der Waals surface area contributed by atoms with Crippen LogP contribution in [0.2, 0.25) is 0 Å². The van der Waals surface area contributed by atoms with Crippen molar-refractivity contribution in [1.82, 2.24) is 4.90 Å². The van der Waals surface area contributed by atoms with Crippen LogP contribution in [0.1, 0.15) is 11.1 Å². The van der Waals surface area contributed by atoms with E-state index in [9.17, 15) is 14.4 Å². The number of benzene rings is 1. The Morgan fingerprint density at radius 2 is 1.68 bits per heavy atom. The number of aliphatic carboxylic acids is 2. The molecule has 6 nitrogen and oxygen atoms in total. The molecule has 0 fully saturated rings. The lowest BCUT2D eigenvalue weighted by atomic mass is 10.1. The maximum atomic E-state index is 11.9. The summed E-state index contributed by atoms with van der Waals surface area (Å²) in [5.74, 6) is -2.99. The van der Waals surface area contributed by atoms with Gasteiger partial charge in [0.15, 0.2) is 0 Å². The van der Waals surface area contributed by atoms with E-state index in [1.165, 1.54) is 0 Å². The predicted molar refractivity (Wildman–Crippen MR) is 66.7 cm³/mol. The number of carbonyl (C=O) groups excluding carboxylic acids is 1. The van der Waals surface area contributed by atoms with E-state index in [1.807, 2.05) is 13.0 Å². The lowest BCUT2D eigenvalue weighted by Gasteiger charge is -2.18. The van der Waals surface area contributed by atoms with Gasteiger partial charge in [-0.2, -0.15) is 0 Å². The van der Waals surface area contributed by atoms with Gasteiger partial charge in [-0.25, -0.2) is 0 Å². The van der Waals surface area contributed by atoms with E-state index in [-0.39, 0.29) is 6.42 Å². The molecule has 0 heterocycles. The normalized spacial score (nSPS) is 9.95. The number of nitrogens with zero attached hydrogens (tertiary/aromatic N) is 1. The Morgan fingerprint density at radius 1 is 1.11 bits per heavy atom. The Morgan fingerprint density at radius 3 is 2.16 bits per heavy atom. The summed E-state index contributed by atoms with van der Waals surface area (Å²) in [6, 6.07) is 7.21. The van der Waals surface area contributed by atoms with Gasteiger partial charge in [-0.05, 0) is 12.5 Å². The number of aryl methyl sites for hydroxylation is 1. The van der Waals surface area contributed by atoms with Crippen molar-refractivity contribution in [3.8, 4) is 0 Å². The molecule has 0 aliphatic heterocycles. The quantitative estimate of drug-likeness (QED) is 0.782. The van der Waals surface area contributed by atoms with Crippen molar-refractivity contribution in [2.45, 2.75) is 13.3 Å². The van der Waals surface area contributed by atoms with Crippen LogP contribution in [0.15, 0.2) is 24.3 Å². The van der Waals surface area contributed by atoms with Gasteiger partial charge in [0.1, 0.15) is 13.1 Å². The summed E-state index contributed by atoms with van der Waals surface area (Å²) in [4.78, 5) is 33.9. The van der Waals surface area contributed by atoms with Crippen LogP contribution in [0.25, 0.3) is 0 Å². The van der Waals surface area contributed by atoms with Crippen LogP contribution in [0.3, 0.4) is 0 Å². The average molecular weight is 265 g/mol. The molecule has 0 unspecified atom stereocenters. The van der Waals surface area contributed by atoms with E-state index in [2.05, 4.69) is 0 Å². The highest BCUT2D eigenvalue weighted by Gasteiger charge is 2.19. The SMILES string of the molecule is Cc1cccc(CC(=O)N(CC(=O)O)CC(=O)O)c1. The summed E-state index contributed by atoms with van der Waals surface area (Å²) in [7, 11) is 0. The molecule has 1 aromatic carbocycles. The molecule has 0 radical (unpaired) electrons. The average Bonchev–Trinajstić information content (AvgIpc) is 2.26. The first-order valence-corrected chi connectivity index (χ1v) is 5.65. The molecule has 1 amide bonds. The fourth-order valence-corrected chi connectivity index (χ4v) is 1.67. The van der Waals surface area contributed by atoms with Gasteiger partial charge in [-0.1, -0.05) is 29.8 Å². The molecule has 0 bridgehead atoms. The summed E-state index contributed by atoms with van der Waals surface area (Å²) in [5.41, 5.74) is 1.71. The second-order valence-corrected chi connectivity index (χ2v) is 4.20. The molecule has 0 aliphatic rings. The molecule has 0 spiro atoms. The number of carboxylic acid groups (broad SMARTS) is 2. The van der Waals surface area contributed by atoms with E-state index in [4.69, 9.17) is 10.2 Å². The summed E-state index contributed by atoms with van der Waals surface area (Å²) < 4.78 is 0. The first-order valence-electron chi connectivity index (χ1n) is 5.65. The van der Waals surface area contributed by atoms with E-state index in [1.54, 1.807) is 18.2 Å². The van der Waals surface area contributed by atoms with Gasteiger partial charge in [-0.15, -0.1) is 0 Å². The minimum absolute atomic E-state index is 0.0117. The Balaban J connectivity index is 2.76. The zero-order valence-corrected chi connectivity index (χ0v) is 10.5. The number of amides is 1. The summed E-state index contributed by atoms with van der Waals surface area (Å²) in [5, 5.41) is 17.3. The third-order valence-electron chi connectivity index (χ3n) is 2.44. The molecule has 0 atom stereocenters. The van der Waals surface area contributed by atoms with Crippen molar-refractivity contribution in [3.05, 3.63) is 35.4 Å². The molecular weight excluding hydrogens is 250 g/mol. The van der Waals surface area contributed by atoms with E-state index in [0.717, 1.165) is 16.0 Å². The molecule has 2 N–H and O–H groups in total. The second-order valence-electron chi connectivity index (χ2n) is 4.20. The Bertz CT molecular complexity index is 482. The number of hydrogen-bond acceptors (Lipinski definition) is 3. The highest BCUT2D eigenvalue weighted by atomic mass is 16.4. The first-order chi connectivity index (χ1) is 8.88. The largest absolute Gasteiger partial charge is 0.480 e. The van der Waals surface area contributed by atoms with E-state index >= 15 is 0 Å². The molecule has 6 heteroatoms. The summed E-state index contributed by atoms with van der Waals surface area (Å²) in [6.07, 6.45) is -0.0117. The predicted octanol–water partition coefficient (Wildman–Crippen LogP) is 0.535.